The van der Waals surface area contributed by atoms with E-state index >= 15 is 0 Å². The third kappa shape index (κ3) is 4.31. The Morgan fingerprint density at radius 2 is 1.81 bits per heavy atom. The van der Waals surface area contributed by atoms with Gasteiger partial charge in [0.2, 0.25) is 6.54 Å². The van der Waals surface area contributed by atoms with Gasteiger partial charge in [0, 0.05) is 24.2 Å². The Morgan fingerprint density at radius 3 is 2.59 bits per heavy atom. The maximum atomic E-state index is 6.85. The summed E-state index contributed by atoms with van der Waals surface area (Å²) in [6.07, 6.45) is 4.38. The lowest BCUT2D eigenvalue weighted by Crippen LogP contribution is -2.07. The van der Waals surface area contributed by atoms with Gasteiger partial charge in [0.05, 0.1) is 0 Å². The summed E-state index contributed by atoms with van der Waals surface area (Å²) in [5.41, 5.74) is 6.85. The Bertz CT molecular complexity index is 962. The predicted molar refractivity (Wildman–Crippen MR) is 113 cm³/mol. The SMILES string of the molecule is [C-]#[N+]CCCCCCNc1c(-c2ccccc2C)nc2cc(C)cc(C)n12. The maximum Gasteiger partial charge on any atom is 0.214 e. The van der Waals surface area contributed by atoms with E-state index < -0.39 is 0 Å². The number of aromatic nitrogens is 2. The summed E-state index contributed by atoms with van der Waals surface area (Å²) in [7, 11) is 0. The van der Waals surface area contributed by atoms with E-state index in [2.05, 4.69) is 71.7 Å². The number of nitrogens with one attached hydrogen (secondary N) is 1. The molecule has 0 radical (unpaired) electrons. The van der Waals surface area contributed by atoms with Crippen LogP contribution in [-0.4, -0.2) is 22.5 Å². The van der Waals surface area contributed by atoms with E-state index in [1.165, 1.54) is 22.4 Å². The average molecular weight is 361 g/mol. The minimum absolute atomic E-state index is 0.649. The van der Waals surface area contributed by atoms with Gasteiger partial charge in [-0.15, -0.1) is 0 Å². The first-order chi connectivity index (χ1) is 13.1. The Labute approximate surface area is 162 Å². The molecule has 0 spiro atoms. The normalized spacial score (nSPS) is 10.9. The predicted octanol–water partition coefficient (Wildman–Crippen LogP) is 5.82. The number of pyridine rings is 1. The summed E-state index contributed by atoms with van der Waals surface area (Å²) in [6.45, 7) is 14.8. The first kappa shape index (κ1) is 19.0. The Hall–Kier alpha value is -2.80. The summed E-state index contributed by atoms with van der Waals surface area (Å²) in [5.74, 6) is 1.08. The van der Waals surface area contributed by atoms with E-state index in [9.17, 15) is 0 Å². The van der Waals surface area contributed by atoms with Gasteiger partial charge in [-0.2, -0.15) is 0 Å². The number of hydrogen-bond acceptors (Lipinski definition) is 2. The Kier molecular flexibility index (Phi) is 6.13. The number of fused-ring (bicyclic) bond motifs is 1. The molecule has 0 fully saturated rings. The molecule has 0 unspecified atom stereocenters. The van der Waals surface area contributed by atoms with Gasteiger partial charge in [0.15, 0.2) is 0 Å². The largest absolute Gasteiger partial charge is 0.369 e. The fourth-order valence-corrected chi connectivity index (χ4v) is 3.60. The quantitative estimate of drug-likeness (QED) is 0.406. The fraction of sp³-hybridized carbons (Fsp3) is 0.391. The van der Waals surface area contributed by atoms with Crippen LogP contribution in [0.1, 0.15) is 42.5 Å². The van der Waals surface area contributed by atoms with E-state index in [0.717, 1.165) is 49.4 Å². The van der Waals surface area contributed by atoms with Crippen molar-refractivity contribution in [1.29, 1.82) is 0 Å². The zero-order valence-electron chi connectivity index (χ0n) is 16.5. The van der Waals surface area contributed by atoms with Crippen molar-refractivity contribution in [2.75, 3.05) is 18.4 Å². The smallest absolute Gasteiger partial charge is 0.214 e. The van der Waals surface area contributed by atoms with Gasteiger partial charge in [-0.25, -0.2) is 11.6 Å². The standard InChI is InChI=1S/C23H28N4/c1-17-15-19(3)27-21(16-17)26-22(20-12-8-7-11-18(20)2)23(27)25-14-10-6-5-9-13-24-4/h7-8,11-12,15-16,25H,5-6,9-10,13-14H2,1-3H3. The highest BCUT2D eigenvalue weighted by Gasteiger charge is 2.16. The lowest BCUT2D eigenvalue weighted by atomic mass is 10.1. The molecule has 0 bridgehead atoms. The molecule has 0 saturated carbocycles. The number of aryl methyl sites for hydroxylation is 3. The molecule has 2 heterocycles. The van der Waals surface area contributed by atoms with Crippen LogP contribution in [0.2, 0.25) is 0 Å². The van der Waals surface area contributed by atoms with Crippen molar-refractivity contribution in [1.82, 2.24) is 9.38 Å². The highest BCUT2D eigenvalue weighted by atomic mass is 15.1. The molecule has 4 nitrogen and oxygen atoms in total. The van der Waals surface area contributed by atoms with E-state index in [-0.39, 0.29) is 0 Å². The molecular formula is C23H28N4. The molecule has 1 aromatic carbocycles. The first-order valence-electron chi connectivity index (χ1n) is 9.74. The van der Waals surface area contributed by atoms with E-state index in [0.29, 0.717) is 6.54 Å². The van der Waals surface area contributed by atoms with Crippen LogP contribution in [0, 0.1) is 27.3 Å². The number of imidazole rings is 1. The van der Waals surface area contributed by atoms with Crippen molar-refractivity contribution in [3.8, 4) is 11.3 Å². The Morgan fingerprint density at radius 1 is 1.04 bits per heavy atom. The summed E-state index contributed by atoms with van der Waals surface area (Å²) in [5, 5.41) is 3.65. The lowest BCUT2D eigenvalue weighted by Gasteiger charge is -2.12. The molecule has 0 amide bonds. The molecule has 3 rings (SSSR count). The zero-order valence-corrected chi connectivity index (χ0v) is 16.5. The molecule has 1 N–H and O–H groups in total. The van der Waals surface area contributed by atoms with Gasteiger partial charge < -0.3 is 10.2 Å². The second kappa shape index (κ2) is 8.73. The molecule has 0 aliphatic rings. The number of nitrogens with zero attached hydrogens (tertiary/aromatic N) is 3. The molecule has 3 aromatic rings. The molecule has 0 aliphatic carbocycles. The first-order valence-corrected chi connectivity index (χ1v) is 9.74. The minimum atomic E-state index is 0.649. The third-order valence-electron chi connectivity index (χ3n) is 4.94. The summed E-state index contributed by atoms with van der Waals surface area (Å²) < 4.78 is 2.23. The average Bonchev–Trinajstić information content (AvgIpc) is 2.99. The number of hydrogen-bond donors (Lipinski definition) is 1. The fourth-order valence-electron chi connectivity index (χ4n) is 3.60. The Balaban J connectivity index is 1.88. The van der Waals surface area contributed by atoms with Crippen molar-refractivity contribution < 1.29 is 0 Å². The summed E-state index contributed by atoms with van der Waals surface area (Å²) >= 11 is 0. The van der Waals surface area contributed by atoms with Crippen molar-refractivity contribution in [2.24, 2.45) is 0 Å². The minimum Gasteiger partial charge on any atom is -0.369 e. The van der Waals surface area contributed by atoms with Crippen LogP contribution in [0.4, 0.5) is 5.82 Å². The van der Waals surface area contributed by atoms with E-state index in [4.69, 9.17) is 11.6 Å². The van der Waals surface area contributed by atoms with Gasteiger partial charge in [-0.05, 0) is 56.9 Å². The number of anilines is 1. The number of unbranched alkanes of at least 4 members (excludes halogenated alkanes) is 3. The summed E-state index contributed by atoms with van der Waals surface area (Å²) in [4.78, 5) is 8.39. The van der Waals surface area contributed by atoms with Crippen LogP contribution < -0.4 is 5.32 Å². The van der Waals surface area contributed by atoms with Crippen molar-refractivity contribution in [3.05, 3.63) is 64.6 Å². The lowest BCUT2D eigenvalue weighted by molar-refractivity contribution is 0.677. The van der Waals surface area contributed by atoms with Crippen molar-refractivity contribution in [3.63, 3.8) is 0 Å². The van der Waals surface area contributed by atoms with E-state index in [1.54, 1.807) is 0 Å². The van der Waals surface area contributed by atoms with Crippen LogP contribution >= 0.6 is 0 Å². The zero-order chi connectivity index (χ0) is 19.2. The molecule has 4 heteroatoms. The van der Waals surface area contributed by atoms with Crippen LogP contribution in [0.3, 0.4) is 0 Å². The maximum absolute atomic E-state index is 6.85. The summed E-state index contributed by atoms with van der Waals surface area (Å²) in [6, 6.07) is 12.8. The van der Waals surface area contributed by atoms with Gasteiger partial charge in [-0.3, -0.25) is 4.40 Å². The number of rotatable bonds is 8. The highest BCUT2D eigenvalue weighted by molar-refractivity contribution is 5.79. The molecule has 0 saturated heterocycles. The molecule has 27 heavy (non-hydrogen) atoms. The monoisotopic (exact) mass is 360 g/mol. The molecule has 140 valence electrons. The second-order valence-corrected chi connectivity index (χ2v) is 7.21. The van der Waals surface area contributed by atoms with Crippen LogP contribution in [-0.2, 0) is 0 Å². The van der Waals surface area contributed by atoms with E-state index in [1.807, 2.05) is 0 Å². The van der Waals surface area contributed by atoms with Crippen LogP contribution in [0.5, 0.6) is 0 Å². The van der Waals surface area contributed by atoms with Crippen molar-refractivity contribution in [2.45, 2.75) is 46.5 Å². The number of benzene rings is 1. The van der Waals surface area contributed by atoms with Gasteiger partial charge in [-0.1, -0.05) is 30.7 Å². The van der Waals surface area contributed by atoms with Crippen LogP contribution in [0.15, 0.2) is 36.4 Å². The molecule has 0 aliphatic heterocycles. The van der Waals surface area contributed by atoms with Crippen LogP contribution in [0.25, 0.3) is 21.7 Å². The highest BCUT2D eigenvalue weighted by Crippen LogP contribution is 2.32. The van der Waals surface area contributed by atoms with Crippen molar-refractivity contribution >= 4 is 11.5 Å². The third-order valence-corrected chi connectivity index (χ3v) is 4.94. The van der Waals surface area contributed by atoms with Gasteiger partial charge in [0.25, 0.3) is 0 Å². The molecular weight excluding hydrogens is 332 g/mol. The topological polar surface area (TPSA) is 33.7 Å². The van der Waals surface area contributed by atoms with Gasteiger partial charge >= 0.3 is 0 Å². The second-order valence-electron chi connectivity index (χ2n) is 7.21. The van der Waals surface area contributed by atoms with Gasteiger partial charge in [0.1, 0.15) is 17.2 Å². The molecule has 2 aromatic heterocycles. The molecule has 0 atom stereocenters.